The van der Waals surface area contributed by atoms with Crippen molar-refractivity contribution in [3.05, 3.63) is 23.3 Å². The average molecular weight is 277 g/mol. The molecule has 2 N–H and O–H groups in total. The third-order valence-electron chi connectivity index (χ3n) is 4.48. The van der Waals surface area contributed by atoms with Crippen LogP contribution in [0.25, 0.3) is 0 Å². The molecule has 1 rings (SSSR count). The van der Waals surface area contributed by atoms with Crippen LogP contribution in [0.2, 0.25) is 0 Å². The van der Waals surface area contributed by atoms with Crippen molar-refractivity contribution in [1.29, 1.82) is 0 Å². The molecule has 0 spiro atoms. The maximum absolute atomic E-state index is 6.83. The summed E-state index contributed by atoms with van der Waals surface area (Å²) in [5.41, 5.74) is 9.75. The van der Waals surface area contributed by atoms with E-state index < -0.39 is 0 Å². The van der Waals surface area contributed by atoms with Gasteiger partial charge in [0.2, 0.25) is 0 Å². The lowest BCUT2D eigenvalue weighted by Crippen LogP contribution is -2.54. The number of hydrogen-bond donors (Lipinski definition) is 1. The van der Waals surface area contributed by atoms with Crippen LogP contribution >= 0.6 is 0 Å². The van der Waals surface area contributed by atoms with E-state index in [9.17, 15) is 0 Å². The average Bonchev–Trinajstić information content (AvgIpc) is 2.09. The Labute approximate surface area is 126 Å². The molecule has 116 valence electrons. The van der Waals surface area contributed by atoms with Gasteiger partial charge >= 0.3 is 0 Å². The van der Waals surface area contributed by atoms with Crippen molar-refractivity contribution >= 4 is 0 Å². The van der Waals surface area contributed by atoms with Crippen LogP contribution < -0.4 is 5.73 Å². The molecule has 0 aromatic carbocycles. The molecule has 1 heteroatoms. The smallest absolute Gasteiger partial charge is 0.0417 e. The van der Waals surface area contributed by atoms with Gasteiger partial charge in [-0.15, -0.1) is 0 Å². The molecule has 20 heavy (non-hydrogen) atoms. The molecule has 1 aliphatic carbocycles. The van der Waals surface area contributed by atoms with Crippen LogP contribution in [-0.2, 0) is 0 Å². The Morgan fingerprint density at radius 2 is 1.35 bits per heavy atom. The second-order valence-electron chi connectivity index (χ2n) is 9.81. The molecular formula is C19H35N. The van der Waals surface area contributed by atoms with E-state index in [1.54, 1.807) is 0 Å². The third-order valence-corrected chi connectivity index (χ3v) is 4.48. The lowest BCUT2D eigenvalue weighted by atomic mass is 9.58. The van der Waals surface area contributed by atoms with Crippen molar-refractivity contribution in [2.45, 2.75) is 74.8 Å². The minimum absolute atomic E-state index is 0.0950. The molecular weight excluding hydrogens is 242 g/mol. The van der Waals surface area contributed by atoms with Gasteiger partial charge < -0.3 is 5.73 Å². The Morgan fingerprint density at radius 3 is 1.65 bits per heavy atom. The van der Waals surface area contributed by atoms with Crippen LogP contribution in [0.15, 0.2) is 23.3 Å². The molecule has 0 amide bonds. The summed E-state index contributed by atoms with van der Waals surface area (Å²) in [5, 5.41) is 0. The Hall–Kier alpha value is -0.560. The van der Waals surface area contributed by atoms with Gasteiger partial charge in [0, 0.05) is 11.5 Å². The highest BCUT2D eigenvalue weighted by atomic mass is 14.8. The van der Waals surface area contributed by atoms with E-state index in [0.29, 0.717) is 5.92 Å². The molecule has 0 aliphatic heterocycles. The van der Waals surface area contributed by atoms with E-state index in [4.69, 9.17) is 5.73 Å². The summed E-state index contributed by atoms with van der Waals surface area (Å²) < 4.78 is 0. The predicted molar refractivity (Wildman–Crippen MR) is 90.6 cm³/mol. The molecule has 1 nitrogen and oxygen atoms in total. The highest BCUT2D eigenvalue weighted by Crippen LogP contribution is 2.49. The quantitative estimate of drug-likeness (QED) is 0.636. The van der Waals surface area contributed by atoms with Gasteiger partial charge in [0.05, 0.1) is 0 Å². The van der Waals surface area contributed by atoms with E-state index in [-0.39, 0.29) is 21.8 Å². The lowest BCUT2D eigenvalue weighted by Gasteiger charge is -2.50. The second kappa shape index (κ2) is 4.73. The molecule has 0 aromatic heterocycles. The van der Waals surface area contributed by atoms with Crippen LogP contribution in [0.5, 0.6) is 0 Å². The minimum atomic E-state index is -0.286. The normalized spacial score (nSPS) is 29.1. The second-order valence-corrected chi connectivity index (χ2v) is 9.81. The predicted octanol–water partition coefficient (Wildman–Crippen LogP) is 5.32. The summed E-state index contributed by atoms with van der Waals surface area (Å²) in [4.78, 5) is 0. The summed E-state index contributed by atoms with van der Waals surface area (Å²) in [6.07, 6.45) is 4.79. The Balaban J connectivity index is 3.52. The van der Waals surface area contributed by atoms with Crippen molar-refractivity contribution in [1.82, 2.24) is 0 Å². The zero-order valence-electron chi connectivity index (χ0n) is 15.3. The fourth-order valence-electron chi connectivity index (χ4n) is 3.52. The van der Waals surface area contributed by atoms with Gasteiger partial charge in [-0.2, -0.15) is 0 Å². The molecule has 1 aliphatic rings. The van der Waals surface area contributed by atoms with E-state index in [1.165, 1.54) is 11.1 Å². The van der Waals surface area contributed by atoms with E-state index in [2.05, 4.69) is 81.4 Å². The number of allylic oxidation sites excluding steroid dienone is 2. The monoisotopic (exact) mass is 277 g/mol. The number of hydrogen-bond acceptors (Lipinski definition) is 1. The fraction of sp³-hybridized carbons (Fsp3) is 0.789. The lowest BCUT2D eigenvalue weighted by molar-refractivity contribution is 0.185. The Morgan fingerprint density at radius 1 is 0.900 bits per heavy atom. The zero-order valence-corrected chi connectivity index (χ0v) is 15.3. The third kappa shape index (κ3) is 3.36. The van der Waals surface area contributed by atoms with Crippen LogP contribution in [0, 0.1) is 22.2 Å². The highest BCUT2D eigenvalue weighted by molar-refractivity contribution is 5.43. The molecule has 0 heterocycles. The molecule has 0 bridgehead atoms. The molecule has 2 atom stereocenters. The Bertz CT molecular complexity index is 428. The topological polar surface area (TPSA) is 26.0 Å². The van der Waals surface area contributed by atoms with Crippen LogP contribution in [-0.4, -0.2) is 5.54 Å². The maximum atomic E-state index is 6.83. The van der Waals surface area contributed by atoms with Gasteiger partial charge in [0.1, 0.15) is 0 Å². The maximum Gasteiger partial charge on any atom is 0.0417 e. The van der Waals surface area contributed by atoms with Crippen molar-refractivity contribution in [3.8, 4) is 0 Å². The Kier molecular flexibility index (Phi) is 4.14. The molecule has 0 radical (unpaired) electrons. The van der Waals surface area contributed by atoms with Gasteiger partial charge in [-0.1, -0.05) is 74.5 Å². The molecule has 0 saturated heterocycles. The van der Waals surface area contributed by atoms with Gasteiger partial charge in [0.15, 0.2) is 0 Å². The molecule has 2 unspecified atom stereocenters. The van der Waals surface area contributed by atoms with Gasteiger partial charge in [-0.25, -0.2) is 0 Å². The largest absolute Gasteiger partial charge is 0.321 e. The van der Waals surface area contributed by atoms with E-state index >= 15 is 0 Å². The first-order valence-electron chi connectivity index (χ1n) is 7.82. The number of rotatable bonds is 0. The standard InChI is InChI=1S/C19H35N/c1-16(2,3)13-11-14(17(4,5)6)19(10,20)15(12-13)18(7,8)9/h11-12,14H,20H2,1-10H3. The summed E-state index contributed by atoms with van der Waals surface area (Å²) >= 11 is 0. The highest BCUT2D eigenvalue weighted by Gasteiger charge is 2.45. The fourth-order valence-corrected chi connectivity index (χ4v) is 3.52. The molecule has 0 aromatic rings. The summed E-state index contributed by atoms with van der Waals surface area (Å²) in [5.74, 6) is 0.350. The van der Waals surface area contributed by atoms with E-state index in [0.717, 1.165) is 0 Å². The first-order valence-corrected chi connectivity index (χ1v) is 7.82. The SMILES string of the molecule is CC(C)(C)C1=CC(C(C)(C)C)C(C)(N)C(C(C)(C)C)=C1. The van der Waals surface area contributed by atoms with Crippen molar-refractivity contribution in [3.63, 3.8) is 0 Å². The van der Waals surface area contributed by atoms with Crippen LogP contribution in [0.4, 0.5) is 0 Å². The van der Waals surface area contributed by atoms with Crippen LogP contribution in [0.3, 0.4) is 0 Å². The first kappa shape index (κ1) is 17.5. The molecule has 0 fully saturated rings. The number of nitrogens with two attached hydrogens (primary N) is 1. The summed E-state index contributed by atoms with van der Waals surface area (Å²) in [6, 6.07) is 0. The van der Waals surface area contributed by atoms with Gasteiger partial charge in [-0.05, 0) is 34.3 Å². The van der Waals surface area contributed by atoms with Gasteiger partial charge in [0.25, 0.3) is 0 Å². The van der Waals surface area contributed by atoms with Crippen LogP contribution in [0.1, 0.15) is 69.2 Å². The summed E-state index contributed by atoms with van der Waals surface area (Å²) in [7, 11) is 0. The first-order chi connectivity index (χ1) is 8.58. The zero-order chi connectivity index (χ0) is 16.1. The van der Waals surface area contributed by atoms with Gasteiger partial charge in [-0.3, -0.25) is 0 Å². The van der Waals surface area contributed by atoms with Crippen molar-refractivity contribution in [2.75, 3.05) is 0 Å². The van der Waals surface area contributed by atoms with Crippen molar-refractivity contribution in [2.24, 2.45) is 27.9 Å². The minimum Gasteiger partial charge on any atom is -0.321 e. The van der Waals surface area contributed by atoms with Crippen molar-refractivity contribution < 1.29 is 0 Å². The molecule has 0 saturated carbocycles. The summed E-state index contributed by atoms with van der Waals surface area (Å²) in [6.45, 7) is 22.8. The van der Waals surface area contributed by atoms with E-state index in [1.807, 2.05) is 0 Å².